The molecule has 2 aromatic heterocycles. The Labute approximate surface area is 265 Å². The van der Waals surface area contributed by atoms with E-state index >= 15 is 0 Å². The second-order valence-electron chi connectivity index (χ2n) is 10.4. The number of carbonyl (C=O) groups excluding carboxylic acids is 1. The normalized spacial score (nSPS) is 17.7. The third-order valence-electron chi connectivity index (χ3n) is 6.95. The maximum atomic E-state index is 12.7. The number of aliphatic hydroxyl groups excluding tert-OH is 1. The van der Waals surface area contributed by atoms with Crippen LogP contribution in [0.2, 0.25) is 0 Å². The fourth-order valence-corrected chi connectivity index (χ4v) is 6.90. The van der Waals surface area contributed by atoms with Gasteiger partial charge < -0.3 is 25.2 Å². The Morgan fingerprint density at radius 2 is 1.35 bits per heavy atom. The molecule has 0 saturated heterocycles. The van der Waals surface area contributed by atoms with Gasteiger partial charge in [0.1, 0.15) is 27.7 Å². The minimum absolute atomic E-state index is 0.0128. The van der Waals surface area contributed by atoms with Gasteiger partial charge in [0.2, 0.25) is 16.2 Å². The average molecular weight is 689 g/mol. The summed E-state index contributed by atoms with van der Waals surface area (Å²) in [4.78, 5) is 12.6. The molecule has 1 fully saturated rings. The molecule has 18 heteroatoms. The zero-order valence-corrected chi connectivity index (χ0v) is 25.3. The molecule has 0 aliphatic heterocycles. The third-order valence-corrected chi connectivity index (χ3v) is 8.97. The van der Waals surface area contributed by atoms with Gasteiger partial charge in [-0.2, -0.15) is 0 Å². The molecule has 1 unspecified atom stereocenters. The van der Waals surface area contributed by atoms with Crippen LogP contribution in [-0.2, 0) is 17.6 Å². The molecule has 4 aromatic rings. The van der Waals surface area contributed by atoms with E-state index in [1.807, 2.05) is 0 Å². The molecule has 10 nitrogen and oxygen atoms in total. The number of nitrogens with zero attached hydrogens (tertiary/aromatic N) is 4. The molecule has 0 radical (unpaired) electrons. The van der Waals surface area contributed by atoms with Crippen LogP contribution in [0.1, 0.15) is 58.7 Å². The lowest BCUT2D eigenvalue weighted by molar-refractivity contribution is -0.275. The Morgan fingerprint density at radius 3 is 1.96 bits per heavy atom. The largest absolute Gasteiger partial charge is 0.573 e. The average Bonchev–Trinajstić information content (AvgIpc) is 3.64. The van der Waals surface area contributed by atoms with Crippen LogP contribution < -0.4 is 20.1 Å². The highest BCUT2D eigenvalue weighted by Gasteiger charge is 2.34. The van der Waals surface area contributed by atoms with Crippen LogP contribution in [0.4, 0.5) is 36.6 Å². The van der Waals surface area contributed by atoms with Gasteiger partial charge in [0.15, 0.2) is 0 Å². The lowest BCUT2D eigenvalue weighted by atomic mass is 9.82. The van der Waals surface area contributed by atoms with Crippen molar-refractivity contribution < 1.29 is 45.7 Å². The third kappa shape index (κ3) is 9.49. The van der Waals surface area contributed by atoms with Crippen LogP contribution in [0.3, 0.4) is 0 Å². The molecule has 1 aliphatic rings. The summed E-state index contributed by atoms with van der Waals surface area (Å²) in [6.07, 6.45) is -8.36. The van der Waals surface area contributed by atoms with Gasteiger partial charge in [0.25, 0.3) is 0 Å². The predicted octanol–water partition coefficient (Wildman–Crippen LogP) is 6.78. The van der Waals surface area contributed by atoms with Crippen molar-refractivity contribution in [1.82, 2.24) is 20.4 Å². The molecule has 1 saturated carbocycles. The first-order valence-electron chi connectivity index (χ1n) is 13.9. The van der Waals surface area contributed by atoms with Crippen molar-refractivity contribution in [3.8, 4) is 11.5 Å². The maximum Gasteiger partial charge on any atom is 0.573 e. The van der Waals surface area contributed by atoms with Gasteiger partial charge in [0.05, 0.1) is 6.42 Å². The number of rotatable bonds is 11. The Bertz CT molecular complexity index is 1630. The van der Waals surface area contributed by atoms with Gasteiger partial charge >= 0.3 is 12.7 Å². The summed E-state index contributed by atoms with van der Waals surface area (Å²) < 4.78 is 84.4. The second kappa shape index (κ2) is 14.2. The number of alkyl halides is 6. The molecule has 0 spiro atoms. The number of anilines is 2. The van der Waals surface area contributed by atoms with E-state index < -0.39 is 36.4 Å². The zero-order valence-electron chi connectivity index (χ0n) is 23.6. The van der Waals surface area contributed by atoms with Gasteiger partial charge in [-0.25, -0.2) is 0 Å². The molecular weight excluding hydrogens is 662 g/mol. The van der Waals surface area contributed by atoms with Crippen molar-refractivity contribution in [3.63, 3.8) is 0 Å². The quantitative estimate of drug-likeness (QED) is 0.115. The number of carbonyl (C=O) groups is 1. The fourth-order valence-electron chi connectivity index (χ4n) is 5.06. The van der Waals surface area contributed by atoms with Gasteiger partial charge in [-0.3, -0.25) is 4.79 Å². The number of aromatic nitrogens is 4. The summed E-state index contributed by atoms with van der Waals surface area (Å²) in [5.41, 5.74) is 0.225. The number of para-hydroxylation sites is 2. The number of nitrogens with one attached hydrogen (secondary N) is 2. The topological polar surface area (TPSA) is 131 Å². The summed E-state index contributed by atoms with van der Waals surface area (Å²) in [5.74, 6) is -1.39. The highest BCUT2D eigenvalue weighted by atomic mass is 32.1. The number of hydrogen-bond acceptors (Lipinski definition) is 11. The van der Waals surface area contributed by atoms with Crippen molar-refractivity contribution in [1.29, 1.82) is 0 Å². The summed E-state index contributed by atoms with van der Waals surface area (Å²) in [6, 6.07) is 10.9. The van der Waals surface area contributed by atoms with Crippen molar-refractivity contribution in [2.75, 3.05) is 10.6 Å². The van der Waals surface area contributed by atoms with Gasteiger partial charge in [-0.1, -0.05) is 65.5 Å². The Morgan fingerprint density at radius 1 is 0.826 bits per heavy atom. The molecule has 1 amide bonds. The minimum atomic E-state index is -4.89. The van der Waals surface area contributed by atoms with Crippen LogP contribution in [0.5, 0.6) is 11.5 Å². The smallest absolute Gasteiger partial charge is 0.406 e. The molecule has 246 valence electrons. The van der Waals surface area contributed by atoms with Crippen LogP contribution in [0, 0.1) is 0 Å². The van der Waals surface area contributed by atoms with Crippen molar-refractivity contribution in [3.05, 3.63) is 69.7 Å². The number of halogens is 6. The lowest BCUT2D eigenvalue weighted by Gasteiger charge is -2.25. The van der Waals surface area contributed by atoms with E-state index in [4.69, 9.17) is 0 Å². The molecular formula is C28H26F6N6O4S2. The van der Waals surface area contributed by atoms with E-state index in [1.54, 1.807) is 6.07 Å². The predicted molar refractivity (Wildman–Crippen MR) is 156 cm³/mol. The lowest BCUT2D eigenvalue weighted by Crippen LogP contribution is -2.23. The van der Waals surface area contributed by atoms with Crippen LogP contribution >= 0.6 is 22.7 Å². The number of ether oxygens (including phenoxy) is 2. The zero-order chi connectivity index (χ0) is 32.9. The van der Waals surface area contributed by atoms with Crippen molar-refractivity contribution in [2.45, 2.75) is 69.3 Å². The number of aliphatic hydroxyl groups is 1. The van der Waals surface area contributed by atoms with Crippen molar-refractivity contribution in [2.24, 2.45) is 0 Å². The van der Waals surface area contributed by atoms with E-state index in [0.29, 0.717) is 16.6 Å². The molecule has 46 heavy (non-hydrogen) atoms. The molecule has 3 N–H and O–H groups in total. The van der Waals surface area contributed by atoms with Gasteiger partial charge in [-0.05, 0) is 37.0 Å². The Balaban J connectivity index is 1.15. The fraction of sp³-hybridized carbons (Fsp3) is 0.393. The van der Waals surface area contributed by atoms with Crippen molar-refractivity contribution >= 4 is 38.8 Å². The van der Waals surface area contributed by atoms with E-state index in [2.05, 4.69) is 40.5 Å². The first kappa shape index (κ1) is 33.3. The highest BCUT2D eigenvalue weighted by molar-refractivity contribution is 7.15. The standard InChI is InChI=1S/C28H26F6N6O4S2/c29-27(30,31)43-19-10-3-1-6-15(19)13-21(41)35-25-39-37-23(45-25)17-8-5-9-18(12-17)24-38-40-26(46-24)36-22(42)14-16-7-2-4-11-20(16)44-28(32,33)34/h1-4,6-7,10-11,17-18,21,41H,5,8-9,12-14H2,(H,35,39)(H,36,40,42)/t17-,18-,21?/m0/s1. The summed E-state index contributed by atoms with van der Waals surface area (Å²) in [6.45, 7) is 0. The molecule has 3 atom stereocenters. The summed E-state index contributed by atoms with van der Waals surface area (Å²) in [5, 5.41) is 34.4. The first-order chi connectivity index (χ1) is 21.8. The molecule has 1 aliphatic carbocycles. The van der Waals surface area contributed by atoms with Gasteiger partial charge in [0, 0.05) is 23.8 Å². The van der Waals surface area contributed by atoms with Gasteiger partial charge in [-0.15, -0.1) is 46.7 Å². The SMILES string of the molecule is O=C(Cc1ccccc1OC(F)(F)F)Nc1nnc([C@H]2CCC[C@H](c3nnc(NC(O)Cc4ccccc4OC(F)(F)F)s3)C2)s1. The Kier molecular flexibility index (Phi) is 10.3. The van der Waals surface area contributed by atoms with Crippen LogP contribution in [0.25, 0.3) is 0 Å². The van der Waals surface area contributed by atoms with Crippen LogP contribution in [0.15, 0.2) is 48.5 Å². The molecule has 0 bridgehead atoms. The number of hydrogen-bond donors (Lipinski definition) is 3. The molecule has 2 aromatic carbocycles. The van der Waals surface area contributed by atoms with Crippen LogP contribution in [-0.4, -0.2) is 50.4 Å². The highest BCUT2D eigenvalue weighted by Crippen LogP contribution is 2.43. The van der Waals surface area contributed by atoms with E-state index in [-0.39, 0.29) is 40.9 Å². The van der Waals surface area contributed by atoms with E-state index in [9.17, 15) is 36.2 Å². The van der Waals surface area contributed by atoms with E-state index in [1.165, 1.54) is 59.1 Å². The minimum Gasteiger partial charge on any atom is -0.406 e. The summed E-state index contributed by atoms with van der Waals surface area (Å²) >= 11 is 2.42. The van der Waals surface area contributed by atoms with E-state index in [0.717, 1.165) is 30.3 Å². The maximum absolute atomic E-state index is 12.7. The number of amides is 1. The number of benzene rings is 2. The summed E-state index contributed by atoms with van der Waals surface area (Å²) in [7, 11) is 0. The second-order valence-corrected chi connectivity index (χ2v) is 12.4. The molecule has 2 heterocycles. The molecule has 5 rings (SSSR count). The first-order valence-corrected chi connectivity index (χ1v) is 15.5. The monoisotopic (exact) mass is 688 g/mol. The Hall–Kier alpha value is -4.03.